The molecule has 0 fully saturated rings. The molecule has 0 aliphatic carbocycles. The lowest BCUT2D eigenvalue weighted by atomic mass is 10.1. The van der Waals surface area contributed by atoms with Crippen LogP contribution in [0.2, 0.25) is 0 Å². The highest BCUT2D eigenvalue weighted by atomic mass is 16.5. The Morgan fingerprint density at radius 1 is 0.968 bits per heavy atom. The van der Waals surface area contributed by atoms with Crippen LogP contribution in [0.25, 0.3) is 12.2 Å². The second kappa shape index (κ2) is 11.7. The summed E-state index contributed by atoms with van der Waals surface area (Å²) in [6, 6.07) is 19.5. The molecule has 0 aromatic heterocycles. The highest BCUT2D eigenvalue weighted by molar-refractivity contribution is 5.82. The summed E-state index contributed by atoms with van der Waals surface area (Å²) in [5, 5.41) is 41.8. The smallest absolute Gasteiger partial charge is 0.185 e. The summed E-state index contributed by atoms with van der Waals surface area (Å²) in [6.45, 7) is 2.88. The lowest BCUT2D eigenvalue weighted by molar-refractivity contribution is -0.469. The van der Waals surface area contributed by atoms with Gasteiger partial charge in [0.2, 0.25) is 0 Å². The quantitative estimate of drug-likeness (QED) is 0.187. The van der Waals surface area contributed by atoms with Gasteiger partial charge in [-0.25, -0.2) is 9.89 Å². The molecule has 3 aromatic rings. The number of ether oxygens (including phenoxy) is 1. The zero-order chi connectivity index (χ0) is 22.6. The van der Waals surface area contributed by atoms with E-state index in [1.807, 2.05) is 42.5 Å². The van der Waals surface area contributed by atoms with Crippen LogP contribution in [0.1, 0.15) is 22.3 Å². The number of phenolic OH excluding ortho intramolecular Hbond substituents is 2. The number of hydrogen-bond acceptors (Lipinski definition) is 5. The maximum Gasteiger partial charge on any atom is 0.185 e. The van der Waals surface area contributed by atoms with Crippen LogP contribution in [0.15, 0.2) is 66.7 Å². The molecule has 0 amide bonds. The van der Waals surface area contributed by atoms with E-state index in [9.17, 15) is 15.4 Å². The third-order valence-electron chi connectivity index (χ3n) is 4.19. The molecule has 0 radical (unpaired) electrons. The SMILES string of the molecule is C=[NH+][O-].COc1cc(C=Cc2ccc(O)c(C=[N+]([O-])Cc3ccccc3)c2)ccc1O. The van der Waals surface area contributed by atoms with Crippen molar-refractivity contribution in [3.05, 3.63) is 99.4 Å². The minimum absolute atomic E-state index is 0.0392. The van der Waals surface area contributed by atoms with E-state index in [4.69, 9.17) is 9.94 Å². The van der Waals surface area contributed by atoms with Crippen molar-refractivity contribution in [3.63, 3.8) is 0 Å². The molecule has 7 heteroatoms. The van der Waals surface area contributed by atoms with Crippen LogP contribution in [0.3, 0.4) is 0 Å². The normalized spacial score (nSPS) is 10.9. The molecular weight excluding hydrogens is 396 g/mol. The first kappa shape index (κ1) is 23.0. The zero-order valence-electron chi connectivity index (χ0n) is 17.1. The average Bonchev–Trinajstić information content (AvgIpc) is 2.76. The number of aromatic hydroxyl groups is 2. The maximum atomic E-state index is 12.2. The van der Waals surface area contributed by atoms with Gasteiger partial charge in [-0.05, 0) is 35.4 Å². The van der Waals surface area contributed by atoms with E-state index in [1.165, 1.54) is 18.5 Å². The van der Waals surface area contributed by atoms with E-state index < -0.39 is 0 Å². The summed E-state index contributed by atoms with van der Waals surface area (Å²) >= 11 is 0. The van der Waals surface area contributed by atoms with Crippen molar-refractivity contribution in [2.24, 2.45) is 0 Å². The third kappa shape index (κ3) is 7.25. The van der Waals surface area contributed by atoms with Crippen molar-refractivity contribution in [3.8, 4) is 17.2 Å². The van der Waals surface area contributed by atoms with E-state index in [0.29, 0.717) is 11.3 Å². The summed E-state index contributed by atoms with van der Waals surface area (Å²) < 4.78 is 5.90. The van der Waals surface area contributed by atoms with Crippen molar-refractivity contribution in [2.75, 3.05) is 7.11 Å². The molecule has 0 saturated carbocycles. The summed E-state index contributed by atoms with van der Waals surface area (Å²) in [7, 11) is 1.49. The average molecular weight is 420 g/mol. The first-order chi connectivity index (χ1) is 15.0. The fourth-order valence-corrected chi connectivity index (χ4v) is 2.73. The number of hydroxylamine groups is 1. The van der Waals surface area contributed by atoms with E-state index in [-0.39, 0.29) is 18.0 Å². The molecule has 7 nitrogen and oxygen atoms in total. The van der Waals surface area contributed by atoms with Crippen LogP contribution in [0.4, 0.5) is 0 Å². The Bertz CT molecular complexity index is 1060. The standard InChI is InChI=1S/C23H21NO4.CH3NO/c1-28-23-14-18(10-12-22(23)26)8-7-17-9-11-21(25)20(13-17)16-24(27)15-19-5-3-2-4-6-19;1-2-3/h2-14,16,25-26H,15H2,1H3;2H,1H2. The van der Waals surface area contributed by atoms with E-state index in [2.05, 4.69) is 6.72 Å². The van der Waals surface area contributed by atoms with Gasteiger partial charge in [-0.15, -0.1) is 0 Å². The lowest BCUT2D eigenvalue weighted by Crippen LogP contribution is -2.56. The Morgan fingerprint density at radius 3 is 2.16 bits per heavy atom. The van der Waals surface area contributed by atoms with Crippen LogP contribution in [0, 0.1) is 10.4 Å². The van der Waals surface area contributed by atoms with Gasteiger partial charge in [0, 0.05) is 5.56 Å². The van der Waals surface area contributed by atoms with Crippen molar-refractivity contribution in [1.29, 1.82) is 0 Å². The predicted octanol–water partition coefficient (Wildman–Crippen LogP) is 2.67. The molecule has 0 atom stereocenters. The van der Waals surface area contributed by atoms with Crippen LogP contribution < -0.4 is 9.89 Å². The molecule has 0 heterocycles. The molecule has 31 heavy (non-hydrogen) atoms. The Hall–Kier alpha value is -4.26. The number of hydrogen-bond donors (Lipinski definition) is 3. The molecule has 0 aliphatic rings. The largest absolute Gasteiger partial charge is 0.626 e. The van der Waals surface area contributed by atoms with Gasteiger partial charge in [0.15, 0.2) is 24.3 Å². The highest BCUT2D eigenvalue weighted by Gasteiger charge is 2.05. The predicted molar refractivity (Wildman–Crippen MR) is 122 cm³/mol. The van der Waals surface area contributed by atoms with Gasteiger partial charge in [-0.2, -0.15) is 0 Å². The highest BCUT2D eigenvalue weighted by Crippen LogP contribution is 2.27. The monoisotopic (exact) mass is 420 g/mol. The number of phenols is 2. The number of methoxy groups -OCH3 is 1. The van der Waals surface area contributed by atoms with E-state index in [0.717, 1.165) is 21.4 Å². The minimum Gasteiger partial charge on any atom is -0.626 e. The molecule has 0 unspecified atom stereocenters. The summed E-state index contributed by atoms with van der Waals surface area (Å²) in [5.74, 6) is 0.511. The van der Waals surface area contributed by atoms with Crippen molar-refractivity contribution in [2.45, 2.75) is 6.54 Å². The molecule has 3 N–H and O–H groups in total. The Labute approximate surface area is 180 Å². The van der Waals surface area contributed by atoms with Crippen molar-refractivity contribution < 1.29 is 24.8 Å². The lowest BCUT2D eigenvalue weighted by Gasteiger charge is -2.06. The van der Waals surface area contributed by atoms with Crippen molar-refractivity contribution >= 4 is 25.1 Å². The summed E-state index contributed by atoms with van der Waals surface area (Å²) in [5.41, 5.74) is 3.01. The van der Waals surface area contributed by atoms with Crippen LogP contribution in [-0.4, -0.2) is 35.0 Å². The number of rotatable bonds is 6. The van der Waals surface area contributed by atoms with Gasteiger partial charge in [-0.3, -0.25) is 0 Å². The van der Waals surface area contributed by atoms with Crippen LogP contribution in [0.5, 0.6) is 17.2 Å². The molecule has 0 spiro atoms. The second-order valence-corrected chi connectivity index (χ2v) is 6.42. The fourth-order valence-electron chi connectivity index (χ4n) is 2.73. The first-order valence-corrected chi connectivity index (χ1v) is 9.31. The Balaban J connectivity index is 0.00000107. The van der Waals surface area contributed by atoms with Crippen LogP contribution >= 0.6 is 0 Å². The molecule has 3 aromatic carbocycles. The summed E-state index contributed by atoms with van der Waals surface area (Å²) in [4.78, 5) is 0. The van der Waals surface area contributed by atoms with Gasteiger partial charge < -0.3 is 25.4 Å². The number of nitrogens with zero attached hydrogens (tertiary/aromatic N) is 1. The zero-order valence-corrected chi connectivity index (χ0v) is 17.1. The van der Waals surface area contributed by atoms with Gasteiger partial charge >= 0.3 is 0 Å². The molecule has 0 aliphatic heterocycles. The van der Waals surface area contributed by atoms with E-state index >= 15 is 0 Å². The van der Waals surface area contributed by atoms with Crippen molar-refractivity contribution in [1.82, 2.24) is 0 Å². The fraction of sp³-hybridized carbons (Fsp3) is 0.0833. The Kier molecular flexibility index (Phi) is 8.67. The van der Waals surface area contributed by atoms with Gasteiger partial charge in [-0.1, -0.05) is 54.6 Å². The maximum absolute atomic E-state index is 12.2. The topological polar surface area (TPSA) is 113 Å². The molecular formula is C24H24N2O5. The number of nitrogens with one attached hydrogen (secondary N) is 1. The van der Waals surface area contributed by atoms with Crippen LogP contribution in [-0.2, 0) is 6.54 Å². The third-order valence-corrected chi connectivity index (χ3v) is 4.19. The molecule has 3 rings (SSSR count). The first-order valence-electron chi connectivity index (χ1n) is 9.31. The second-order valence-electron chi connectivity index (χ2n) is 6.42. The number of benzene rings is 3. The minimum atomic E-state index is 0.0392. The van der Waals surface area contributed by atoms with Gasteiger partial charge in [0.25, 0.3) is 0 Å². The molecule has 0 bridgehead atoms. The van der Waals surface area contributed by atoms with Gasteiger partial charge in [0.05, 0.1) is 12.7 Å². The molecule has 160 valence electrons. The van der Waals surface area contributed by atoms with Gasteiger partial charge in [0.1, 0.15) is 12.5 Å². The summed E-state index contributed by atoms with van der Waals surface area (Å²) in [6.07, 6.45) is 5.09. The molecule has 0 saturated heterocycles. The Morgan fingerprint density at radius 2 is 1.55 bits per heavy atom. The van der Waals surface area contributed by atoms with E-state index in [1.54, 1.807) is 36.4 Å².